The molecule has 0 aromatic heterocycles. The molecule has 0 spiro atoms. The Morgan fingerprint density at radius 2 is 2.09 bits per heavy atom. The summed E-state index contributed by atoms with van der Waals surface area (Å²) in [5.41, 5.74) is 1.02. The van der Waals surface area contributed by atoms with Gasteiger partial charge in [-0.05, 0) is 31.2 Å². The highest BCUT2D eigenvalue weighted by Crippen LogP contribution is 2.45. The van der Waals surface area contributed by atoms with Crippen molar-refractivity contribution in [3.63, 3.8) is 0 Å². The van der Waals surface area contributed by atoms with Crippen molar-refractivity contribution in [2.75, 3.05) is 4.90 Å². The smallest absolute Gasteiger partial charge is 0.325 e. The molecule has 0 radical (unpaired) electrons. The molecule has 2 bridgehead atoms. The highest BCUT2D eigenvalue weighted by atomic mass is 35.5. The topological polar surface area (TPSA) is 41.6 Å². The molecule has 1 fully saturated rings. The van der Waals surface area contributed by atoms with Gasteiger partial charge >= 0.3 is 6.03 Å². The van der Waals surface area contributed by atoms with E-state index in [1.807, 2.05) is 43.3 Å². The fraction of sp³-hybridized carbons (Fsp3) is 0.235. The Kier molecular flexibility index (Phi) is 2.84. The van der Waals surface area contributed by atoms with E-state index in [2.05, 4.69) is 5.32 Å². The molecule has 5 heteroatoms. The van der Waals surface area contributed by atoms with Crippen LogP contribution in [0.1, 0.15) is 24.9 Å². The first-order valence-electron chi connectivity index (χ1n) is 7.21. The molecule has 2 amide bonds. The average Bonchev–Trinajstić information content (AvgIpc) is 2.46. The monoisotopic (exact) mass is 314 g/mol. The van der Waals surface area contributed by atoms with Gasteiger partial charge in [0.25, 0.3) is 0 Å². The van der Waals surface area contributed by atoms with Crippen molar-refractivity contribution in [2.24, 2.45) is 0 Å². The lowest BCUT2D eigenvalue weighted by Crippen LogP contribution is -2.65. The van der Waals surface area contributed by atoms with Crippen molar-refractivity contribution < 1.29 is 9.53 Å². The van der Waals surface area contributed by atoms with Crippen molar-refractivity contribution >= 4 is 23.3 Å². The van der Waals surface area contributed by atoms with Gasteiger partial charge in [0.15, 0.2) is 5.72 Å². The first-order valence-corrected chi connectivity index (χ1v) is 7.59. The summed E-state index contributed by atoms with van der Waals surface area (Å²) in [6.45, 7) is 1.94. The Morgan fingerprint density at radius 3 is 2.91 bits per heavy atom. The molecule has 2 aromatic carbocycles. The van der Waals surface area contributed by atoms with Crippen LogP contribution in [0.15, 0.2) is 48.5 Å². The molecule has 0 saturated carbocycles. The van der Waals surface area contributed by atoms with Gasteiger partial charge in [0, 0.05) is 17.0 Å². The largest absolute Gasteiger partial charge is 0.467 e. The lowest BCUT2D eigenvalue weighted by molar-refractivity contribution is 0.0379. The molecule has 22 heavy (non-hydrogen) atoms. The van der Waals surface area contributed by atoms with Crippen LogP contribution in [0.4, 0.5) is 10.5 Å². The molecule has 2 aliphatic rings. The second kappa shape index (κ2) is 4.65. The number of carbonyl (C=O) groups excluding carboxylic acids is 1. The number of nitrogens with zero attached hydrogens (tertiary/aromatic N) is 1. The van der Waals surface area contributed by atoms with Crippen LogP contribution in [0.5, 0.6) is 5.75 Å². The normalized spacial score (nSPS) is 26.0. The third-order valence-corrected chi connectivity index (χ3v) is 4.48. The van der Waals surface area contributed by atoms with Gasteiger partial charge in [-0.1, -0.05) is 35.9 Å². The Balaban J connectivity index is 1.82. The molecular formula is C17H15ClN2O2. The zero-order valence-corrected chi connectivity index (χ0v) is 12.8. The SMILES string of the molecule is C[C@@]12C[C@@H](NC(=O)N1c1cccc(Cl)c1)c1ccccc1O2. The van der Waals surface area contributed by atoms with Crippen LogP contribution in [0.25, 0.3) is 0 Å². The highest BCUT2D eigenvalue weighted by molar-refractivity contribution is 6.30. The number of anilines is 1. The summed E-state index contributed by atoms with van der Waals surface area (Å²) < 4.78 is 6.19. The number of ether oxygens (including phenoxy) is 1. The van der Waals surface area contributed by atoms with Gasteiger partial charge in [-0.3, -0.25) is 4.90 Å². The van der Waals surface area contributed by atoms with Crippen LogP contribution >= 0.6 is 11.6 Å². The third-order valence-electron chi connectivity index (χ3n) is 4.25. The maximum Gasteiger partial charge on any atom is 0.325 e. The minimum Gasteiger partial charge on any atom is -0.467 e. The standard InChI is InChI=1S/C17H15ClN2O2/c1-17-10-14(13-7-2-3-8-15(13)22-17)19-16(21)20(17)12-6-4-5-11(18)9-12/h2-9,14H,10H2,1H3,(H,19,21)/t14-,17-/m1/s1. The third kappa shape index (κ3) is 1.95. The average molecular weight is 315 g/mol. The quantitative estimate of drug-likeness (QED) is 0.860. The highest BCUT2D eigenvalue weighted by Gasteiger charge is 2.49. The Morgan fingerprint density at radius 1 is 1.27 bits per heavy atom. The van der Waals surface area contributed by atoms with E-state index < -0.39 is 5.72 Å². The van der Waals surface area contributed by atoms with Gasteiger partial charge in [0.1, 0.15) is 5.75 Å². The molecule has 4 nitrogen and oxygen atoms in total. The number of benzene rings is 2. The minimum absolute atomic E-state index is 0.0297. The molecule has 1 N–H and O–H groups in total. The zero-order valence-electron chi connectivity index (χ0n) is 12.0. The number of hydrogen-bond acceptors (Lipinski definition) is 2. The van der Waals surface area contributed by atoms with Crippen molar-refractivity contribution in [3.05, 3.63) is 59.1 Å². The van der Waals surface area contributed by atoms with Gasteiger partial charge in [0.2, 0.25) is 0 Å². The van der Waals surface area contributed by atoms with E-state index in [0.717, 1.165) is 17.0 Å². The number of rotatable bonds is 1. The van der Waals surface area contributed by atoms with Gasteiger partial charge in [-0.2, -0.15) is 0 Å². The first kappa shape index (κ1) is 13.5. The van der Waals surface area contributed by atoms with E-state index in [9.17, 15) is 4.79 Å². The number of nitrogens with one attached hydrogen (secondary N) is 1. The van der Waals surface area contributed by atoms with E-state index in [1.165, 1.54) is 0 Å². The van der Waals surface area contributed by atoms with Crippen LogP contribution in [0, 0.1) is 0 Å². The second-order valence-electron chi connectivity index (χ2n) is 5.84. The fourth-order valence-electron chi connectivity index (χ4n) is 3.33. The predicted molar refractivity (Wildman–Crippen MR) is 85.3 cm³/mol. The predicted octanol–water partition coefficient (Wildman–Crippen LogP) is 4.11. The van der Waals surface area contributed by atoms with E-state index >= 15 is 0 Å². The number of carbonyl (C=O) groups is 1. The lowest BCUT2D eigenvalue weighted by Gasteiger charge is -2.50. The summed E-state index contributed by atoms with van der Waals surface area (Å²) in [7, 11) is 0. The van der Waals surface area contributed by atoms with Crippen LogP contribution in [0.3, 0.4) is 0 Å². The minimum atomic E-state index is -0.730. The summed E-state index contributed by atoms with van der Waals surface area (Å²) in [5, 5.41) is 3.65. The second-order valence-corrected chi connectivity index (χ2v) is 6.27. The number of para-hydroxylation sites is 1. The summed E-state index contributed by atoms with van der Waals surface area (Å²) in [6.07, 6.45) is 0.683. The maximum atomic E-state index is 12.6. The number of urea groups is 1. The van der Waals surface area contributed by atoms with Crippen molar-refractivity contribution in [2.45, 2.75) is 25.1 Å². The van der Waals surface area contributed by atoms with Gasteiger partial charge < -0.3 is 10.1 Å². The fourth-order valence-corrected chi connectivity index (χ4v) is 3.51. The Bertz CT molecular complexity index is 764. The molecular weight excluding hydrogens is 300 g/mol. The van der Waals surface area contributed by atoms with Gasteiger partial charge in [-0.25, -0.2) is 4.79 Å². The van der Waals surface area contributed by atoms with E-state index in [0.29, 0.717) is 11.4 Å². The Labute approximate surface area is 133 Å². The van der Waals surface area contributed by atoms with Crippen LogP contribution in [-0.2, 0) is 0 Å². The molecule has 112 valence electrons. The summed E-state index contributed by atoms with van der Waals surface area (Å²) in [5.74, 6) is 0.813. The van der Waals surface area contributed by atoms with Gasteiger partial charge in [0.05, 0.1) is 11.7 Å². The van der Waals surface area contributed by atoms with Gasteiger partial charge in [-0.15, -0.1) is 0 Å². The number of fused-ring (bicyclic) bond motifs is 4. The van der Waals surface area contributed by atoms with Crippen molar-refractivity contribution in [1.29, 1.82) is 0 Å². The van der Waals surface area contributed by atoms with E-state index in [-0.39, 0.29) is 12.1 Å². The lowest BCUT2D eigenvalue weighted by atomic mass is 9.90. The van der Waals surface area contributed by atoms with Crippen molar-refractivity contribution in [3.8, 4) is 5.75 Å². The molecule has 0 aliphatic carbocycles. The molecule has 2 aromatic rings. The summed E-state index contributed by atoms with van der Waals surface area (Å²) >= 11 is 6.07. The Hall–Kier alpha value is -2.20. The summed E-state index contributed by atoms with van der Waals surface area (Å²) in [4.78, 5) is 14.3. The van der Waals surface area contributed by atoms with E-state index in [4.69, 9.17) is 16.3 Å². The number of hydrogen-bond donors (Lipinski definition) is 1. The molecule has 2 atom stereocenters. The molecule has 1 saturated heterocycles. The van der Waals surface area contributed by atoms with Crippen LogP contribution in [0.2, 0.25) is 5.02 Å². The van der Waals surface area contributed by atoms with Crippen molar-refractivity contribution in [1.82, 2.24) is 5.32 Å². The zero-order chi connectivity index (χ0) is 15.3. The van der Waals surface area contributed by atoms with Crippen LogP contribution < -0.4 is 15.0 Å². The molecule has 0 unspecified atom stereocenters. The van der Waals surface area contributed by atoms with Crippen LogP contribution in [-0.4, -0.2) is 11.8 Å². The number of amides is 2. The first-order chi connectivity index (χ1) is 10.6. The molecule has 2 aliphatic heterocycles. The molecule has 2 heterocycles. The van der Waals surface area contributed by atoms with E-state index in [1.54, 1.807) is 17.0 Å². The maximum absolute atomic E-state index is 12.6. The molecule has 4 rings (SSSR count). The number of halogens is 1. The summed E-state index contributed by atoms with van der Waals surface area (Å²) in [6, 6.07) is 14.9.